The van der Waals surface area contributed by atoms with Crippen LogP contribution in [-0.2, 0) is 9.53 Å². The van der Waals surface area contributed by atoms with E-state index in [1.54, 1.807) is 44.2 Å². The largest absolute Gasteiger partial charge is 0.467 e. The van der Waals surface area contributed by atoms with Crippen molar-refractivity contribution in [2.24, 2.45) is 0 Å². The van der Waals surface area contributed by atoms with Crippen LogP contribution < -0.4 is 5.32 Å². The smallest absolute Gasteiger partial charge is 0.333 e. The number of benzene rings is 1. The minimum absolute atomic E-state index is 0.372. The molecule has 0 aliphatic rings. The van der Waals surface area contributed by atoms with E-state index in [4.69, 9.17) is 9.15 Å². The maximum Gasteiger partial charge on any atom is 0.333 e. The molecule has 21 heavy (non-hydrogen) atoms. The third kappa shape index (κ3) is 3.31. The van der Waals surface area contributed by atoms with Gasteiger partial charge in [0.05, 0.1) is 12.7 Å². The third-order valence-corrected chi connectivity index (χ3v) is 3.13. The van der Waals surface area contributed by atoms with Crippen LogP contribution in [0.4, 0.5) is 0 Å². The average molecular weight is 287 g/mol. The van der Waals surface area contributed by atoms with E-state index in [0.29, 0.717) is 22.6 Å². The van der Waals surface area contributed by atoms with E-state index in [0.717, 1.165) is 0 Å². The zero-order chi connectivity index (χ0) is 15.4. The van der Waals surface area contributed by atoms with Crippen LogP contribution in [0.2, 0.25) is 0 Å². The van der Waals surface area contributed by atoms with Gasteiger partial charge in [-0.3, -0.25) is 4.79 Å². The van der Waals surface area contributed by atoms with Gasteiger partial charge in [0.2, 0.25) is 0 Å². The summed E-state index contributed by atoms with van der Waals surface area (Å²) in [6.07, 6.45) is 0. The average Bonchev–Trinajstić information content (AvgIpc) is 2.83. The quantitative estimate of drug-likeness (QED) is 0.877. The number of rotatable bonds is 4. The Hall–Kier alpha value is -2.56. The highest BCUT2D eigenvalue weighted by Crippen LogP contribution is 2.18. The number of furan rings is 1. The molecule has 2 aromatic rings. The third-order valence-electron chi connectivity index (χ3n) is 3.13. The van der Waals surface area contributed by atoms with Gasteiger partial charge in [-0.25, -0.2) is 4.79 Å². The second-order valence-electron chi connectivity index (χ2n) is 4.67. The van der Waals surface area contributed by atoms with Crippen LogP contribution in [0.3, 0.4) is 0 Å². The number of methoxy groups -OCH3 is 1. The number of aryl methyl sites for hydroxylation is 2. The summed E-state index contributed by atoms with van der Waals surface area (Å²) in [6.45, 7) is 3.47. The maximum atomic E-state index is 12.3. The van der Waals surface area contributed by atoms with E-state index >= 15 is 0 Å². The van der Waals surface area contributed by atoms with Gasteiger partial charge in [0.1, 0.15) is 11.5 Å². The number of carbonyl (C=O) groups excluding carboxylic acids is 2. The van der Waals surface area contributed by atoms with Gasteiger partial charge in [-0.15, -0.1) is 0 Å². The van der Waals surface area contributed by atoms with E-state index in [2.05, 4.69) is 5.32 Å². The molecule has 5 nitrogen and oxygen atoms in total. The maximum absolute atomic E-state index is 12.3. The van der Waals surface area contributed by atoms with Crippen molar-refractivity contribution in [3.63, 3.8) is 0 Å². The van der Waals surface area contributed by atoms with Crippen LogP contribution in [0.1, 0.15) is 33.5 Å². The molecule has 0 bridgehead atoms. The second kappa shape index (κ2) is 6.26. The predicted molar refractivity (Wildman–Crippen MR) is 76.8 cm³/mol. The normalized spacial score (nSPS) is 11.8. The molecular formula is C16H17NO4. The molecule has 1 atom stereocenters. The van der Waals surface area contributed by atoms with Gasteiger partial charge < -0.3 is 14.5 Å². The lowest BCUT2D eigenvalue weighted by atomic mass is 10.1. The highest BCUT2D eigenvalue weighted by Gasteiger charge is 2.25. The first-order chi connectivity index (χ1) is 10.0. The Morgan fingerprint density at radius 2 is 1.86 bits per heavy atom. The van der Waals surface area contributed by atoms with Crippen LogP contribution >= 0.6 is 0 Å². The van der Waals surface area contributed by atoms with Gasteiger partial charge >= 0.3 is 5.97 Å². The molecule has 0 radical (unpaired) electrons. The molecule has 0 saturated heterocycles. The van der Waals surface area contributed by atoms with Gasteiger partial charge in [-0.1, -0.05) is 30.3 Å². The van der Waals surface area contributed by atoms with Crippen molar-refractivity contribution in [3.8, 4) is 0 Å². The number of hydrogen-bond donors (Lipinski definition) is 1. The molecule has 0 aliphatic heterocycles. The molecule has 1 heterocycles. The van der Waals surface area contributed by atoms with Gasteiger partial charge in [-0.05, 0) is 25.5 Å². The molecule has 0 aliphatic carbocycles. The molecule has 0 fully saturated rings. The number of esters is 1. The number of nitrogens with one attached hydrogen (secondary N) is 1. The van der Waals surface area contributed by atoms with Crippen molar-refractivity contribution in [3.05, 3.63) is 59.0 Å². The summed E-state index contributed by atoms with van der Waals surface area (Å²) in [5.74, 6) is 0.268. The Labute approximate surface area is 122 Å². The molecule has 0 saturated carbocycles. The summed E-state index contributed by atoms with van der Waals surface area (Å²) >= 11 is 0. The monoisotopic (exact) mass is 287 g/mol. The summed E-state index contributed by atoms with van der Waals surface area (Å²) in [5, 5.41) is 2.68. The SMILES string of the molecule is COC(=O)C(NC(=O)c1cc(C)oc1C)c1ccccc1. The fraction of sp³-hybridized carbons (Fsp3) is 0.250. The van der Waals surface area contributed by atoms with E-state index < -0.39 is 12.0 Å². The minimum atomic E-state index is -0.849. The number of carbonyl (C=O) groups is 2. The van der Waals surface area contributed by atoms with Crippen LogP contribution in [0.5, 0.6) is 0 Å². The van der Waals surface area contributed by atoms with Crippen molar-refractivity contribution in [2.75, 3.05) is 7.11 Å². The fourth-order valence-electron chi connectivity index (χ4n) is 2.11. The first-order valence-corrected chi connectivity index (χ1v) is 6.53. The van der Waals surface area contributed by atoms with Gasteiger partial charge in [0, 0.05) is 0 Å². The Kier molecular flexibility index (Phi) is 4.42. The number of amides is 1. The minimum Gasteiger partial charge on any atom is -0.467 e. The highest BCUT2D eigenvalue weighted by atomic mass is 16.5. The fourth-order valence-corrected chi connectivity index (χ4v) is 2.11. The summed E-state index contributed by atoms with van der Waals surface area (Å²) in [4.78, 5) is 24.2. The molecule has 1 amide bonds. The Morgan fingerprint density at radius 1 is 1.19 bits per heavy atom. The van der Waals surface area contributed by atoms with E-state index in [1.807, 2.05) is 6.07 Å². The first-order valence-electron chi connectivity index (χ1n) is 6.53. The Morgan fingerprint density at radius 3 is 2.38 bits per heavy atom. The van der Waals surface area contributed by atoms with Crippen molar-refractivity contribution in [1.82, 2.24) is 5.32 Å². The molecule has 1 aromatic carbocycles. The summed E-state index contributed by atoms with van der Waals surface area (Å²) in [6, 6.07) is 9.74. The van der Waals surface area contributed by atoms with Crippen molar-refractivity contribution >= 4 is 11.9 Å². The zero-order valence-electron chi connectivity index (χ0n) is 12.2. The van der Waals surface area contributed by atoms with Crippen LogP contribution in [0, 0.1) is 13.8 Å². The molecule has 110 valence electrons. The molecule has 1 unspecified atom stereocenters. The zero-order valence-corrected chi connectivity index (χ0v) is 12.2. The topological polar surface area (TPSA) is 68.5 Å². The van der Waals surface area contributed by atoms with Crippen molar-refractivity contribution in [1.29, 1.82) is 0 Å². The van der Waals surface area contributed by atoms with Crippen molar-refractivity contribution < 1.29 is 18.7 Å². The van der Waals surface area contributed by atoms with Gasteiger partial charge in [0.25, 0.3) is 5.91 Å². The van der Waals surface area contributed by atoms with E-state index in [1.165, 1.54) is 7.11 Å². The second-order valence-corrected chi connectivity index (χ2v) is 4.67. The summed E-state index contributed by atoms with van der Waals surface area (Å²) < 4.78 is 10.1. The van der Waals surface area contributed by atoms with Crippen LogP contribution in [0.25, 0.3) is 0 Å². The van der Waals surface area contributed by atoms with Gasteiger partial charge in [0.15, 0.2) is 6.04 Å². The molecular weight excluding hydrogens is 270 g/mol. The Bertz CT molecular complexity index is 646. The van der Waals surface area contributed by atoms with Crippen LogP contribution in [-0.4, -0.2) is 19.0 Å². The lowest BCUT2D eigenvalue weighted by molar-refractivity contribution is -0.143. The van der Waals surface area contributed by atoms with E-state index in [9.17, 15) is 9.59 Å². The summed E-state index contributed by atoms with van der Waals surface area (Å²) in [5.41, 5.74) is 1.08. The van der Waals surface area contributed by atoms with Gasteiger partial charge in [-0.2, -0.15) is 0 Å². The Balaban J connectivity index is 2.25. The lowest BCUT2D eigenvalue weighted by Crippen LogP contribution is -2.34. The molecule has 1 aromatic heterocycles. The van der Waals surface area contributed by atoms with Crippen molar-refractivity contribution in [2.45, 2.75) is 19.9 Å². The predicted octanol–water partition coefficient (Wildman–Crippen LogP) is 2.54. The molecule has 0 spiro atoms. The van der Waals surface area contributed by atoms with E-state index in [-0.39, 0.29) is 5.91 Å². The number of hydrogen-bond acceptors (Lipinski definition) is 4. The number of ether oxygens (including phenoxy) is 1. The summed E-state index contributed by atoms with van der Waals surface area (Å²) in [7, 11) is 1.29. The highest BCUT2D eigenvalue weighted by molar-refractivity contribution is 5.97. The standard InChI is InChI=1S/C16H17NO4/c1-10-9-13(11(2)21-10)15(18)17-14(16(19)20-3)12-7-5-4-6-8-12/h4-9,14H,1-3H3,(H,17,18). The molecule has 2 rings (SSSR count). The van der Waals surface area contributed by atoms with Crippen LogP contribution in [0.15, 0.2) is 40.8 Å². The molecule has 1 N–H and O–H groups in total. The first kappa shape index (κ1) is 14.8. The molecule has 5 heteroatoms. The lowest BCUT2D eigenvalue weighted by Gasteiger charge is -2.16.